The first-order chi connectivity index (χ1) is 15.6. The lowest BCUT2D eigenvalue weighted by Gasteiger charge is -2.08. The lowest BCUT2D eigenvalue weighted by Crippen LogP contribution is -2.14. The van der Waals surface area contributed by atoms with Crippen LogP contribution in [-0.2, 0) is 17.6 Å². The Morgan fingerprint density at radius 2 is 1.91 bits per heavy atom. The largest absolute Gasteiger partial charge is 0.300 e. The molecular weight excluding hydrogens is 460 g/mol. The minimum absolute atomic E-state index is 0.0758. The Morgan fingerprint density at radius 3 is 2.72 bits per heavy atom. The maximum absolute atomic E-state index is 12.6. The molecule has 158 valence electrons. The Balaban J connectivity index is 1.15. The van der Waals surface area contributed by atoms with Crippen LogP contribution < -0.4 is 5.32 Å². The fourth-order valence-corrected chi connectivity index (χ4v) is 5.93. The summed E-state index contributed by atoms with van der Waals surface area (Å²) in [5.41, 5.74) is 4.61. The Bertz CT molecular complexity index is 1450. The zero-order valence-electron chi connectivity index (χ0n) is 16.8. The van der Waals surface area contributed by atoms with Crippen LogP contribution in [0.25, 0.3) is 27.0 Å². The van der Waals surface area contributed by atoms with Crippen LogP contribution in [0.3, 0.4) is 0 Å². The molecular formula is C24H17ClN4OS2. The standard InChI is InChI=1S/C24H17ClN4OS2/c25-17-9-6-14(7-10-17)19-12-29-24(26-19)32-23(28-29)27-21(30)13-31-20-11-8-16-5-4-15-2-1-3-18(20)22(15)16/h1-3,6-12H,4-5,13H2,(H,27,28,30). The first-order valence-corrected chi connectivity index (χ1v) is 12.4. The highest BCUT2D eigenvalue weighted by Gasteiger charge is 2.17. The van der Waals surface area contributed by atoms with Crippen LogP contribution in [0.5, 0.6) is 0 Å². The number of nitrogens with one attached hydrogen (secondary N) is 1. The molecule has 1 amide bonds. The summed E-state index contributed by atoms with van der Waals surface area (Å²) in [7, 11) is 0. The summed E-state index contributed by atoms with van der Waals surface area (Å²) < 4.78 is 1.70. The van der Waals surface area contributed by atoms with Gasteiger partial charge in [0.15, 0.2) is 0 Å². The summed E-state index contributed by atoms with van der Waals surface area (Å²) in [6, 6.07) is 18.3. The van der Waals surface area contributed by atoms with E-state index in [-0.39, 0.29) is 5.91 Å². The van der Waals surface area contributed by atoms with Crippen molar-refractivity contribution < 1.29 is 4.79 Å². The van der Waals surface area contributed by atoms with Crippen LogP contribution in [0, 0.1) is 0 Å². The van der Waals surface area contributed by atoms with E-state index < -0.39 is 0 Å². The Labute approximate surface area is 197 Å². The maximum Gasteiger partial charge on any atom is 0.236 e. The number of aromatic nitrogens is 3. The first kappa shape index (κ1) is 19.8. The number of fused-ring (bicyclic) bond motifs is 1. The average Bonchev–Trinajstić information content (AvgIpc) is 3.48. The number of benzene rings is 3. The molecule has 0 bridgehead atoms. The van der Waals surface area contributed by atoms with Crippen molar-refractivity contribution in [2.45, 2.75) is 17.7 Å². The first-order valence-electron chi connectivity index (χ1n) is 10.2. The monoisotopic (exact) mass is 476 g/mol. The van der Waals surface area contributed by atoms with Crippen LogP contribution in [0.15, 0.2) is 65.7 Å². The van der Waals surface area contributed by atoms with Gasteiger partial charge in [-0.2, -0.15) is 0 Å². The molecule has 2 aromatic heterocycles. The molecule has 0 saturated carbocycles. The van der Waals surface area contributed by atoms with Crippen LogP contribution in [0.4, 0.5) is 5.13 Å². The summed E-state index contributed by atoms with van der Waals surface area (Å²) in [6.07, 6.45) is 4.06. The number of carbonyl (C=O) groups is 1. The van der Waals surface area contributed by atoms with Gasteiger partial charge in [0, 0.05) is 15.5 Å². The maximum atomic E-state index is 12.6. The second kappa shape index (κ2) is 7.92. The number of hydrogen-bond donors (Lipinski definition) is 1. The lowest BCUT2D eigenvalue weighted by molar-refractivity contribution is -0.113. The molecule has 0 aliphatic heterocycles. The van der Waals surface area contributed by atoms with Crippen molar-refractivity contribution in [2.75, 3.05) is 11.1 Å². The molecule has 0 atom stereocenters. The summed E-state index contributed by atoms with van der Waals surface area (Å²) in [4.78, 5) is 19.1. The molecule has 1 aliphatic rings. The Morgan fingerprint density at radius 1 is 1.09 bits per heavy atom. The predicted molar refractivity (Wildman–Crippen MR) is 132 cm³/mol. The van der Waals surface area contributed by atoms with Crippen LogP contribution in [0.1, 0.15) is 11.1 Å². The molecule has 2 heterocycles. The van der Waals surface area contributed by atoms with Crippen LogP contribution in [-0.4, -0.2) is 26.3 Å². The molecule has 6 rings (SSSR count). The van der Waals surface area contributed by atoms with Gasteiger partial charge in [0.2, 0.25) is 16.0 Å². The zero-order chi connectivity index (χ0) is 21.7. The third kappa shape index (κ3) is 3.56. The lowest BCUT2D eigenvalue weighted by atomic mass is 10.1. The van der Waals surface area contributed by atoms with Gasteiger partial charge in [0.1, 0.15) is 0 Å². The van der Waals surface area contributed by atoms with Crippen molar-refractivity contribution in [1.82, 2.24) is 14.6 Å². The molecule has 0 saturated heterocycles. The van der Waals surface area contributed by atoms with Crippen molar-refractivity contribution >= 4 is 61.5 Å². The van der Waals surface area contributed by atoms with E-state index >= 15 is 0 Å². The topological polar surface area (TPSA) is 59.3 Å². The van der Waals surface area contributed by atoms with Crippen molar-refractivity contribution in [3.05, 3.63) is 76.9 Å². The summed E-state index contributed by atoms with van der Waals surface area (Å²) in [5, 5.41) is 11.2. The number of carbonyl (C=O) groups excluding carboxylic acids is 1. The fourth-order valence-electron chi connectivity index (χ4n) is 4.15. The van der Waals surface area contributed by atoms with Crippen molar-refractivity contribution in [3.8, 4) is 11.3 Å². The Kier molecular flexibility index (Phi) is 4.90. The van der Waals surface area contributed by atoms with E-state index in [2.05, 4.69) is 45.7 Å². The number of halogens is 1. The quantitative estimate of drug-likeness (QED) is 0.312. The highest BCUT2D eigenvalue weighted by atomic mass is 35.5. The Hall–Kier alpha value is -2.87. The number of rotatable bonds is 5. The number of imidazole rings is 1. The number of nitrogens with zero attached hydrogens (tertiary/aromatic N) is 3. The molecule has 0 spiro atoms. The highest BCUT2D eigenvalue weighted by molar-refractivity contribution is 8.00. The van der Waals surface area contributed by atoms with Gasteiger partial charge in [-0.3, -0.25) is 10.1 Å². The molecule has 0 radical (unpaired) electrons. The van der Waals surface area contributed by atoms with E-state index in [0.29, 0.717) is 15.9 Å². The molecule has 0 fully saturated rings. The predicted octanol–water partition coefficient (Wildman–Crippen LogP) is 6.09. The molecule has 1 aliphatic carbocycles. The number of hydrogen-bond acceptors (Lipinski definition) is 5. The molecule has 5 nitrogen and oxygen atoms in total. The summed E-state index contributed by atoms with van der Waals surface area (Å²) >= 11 is 8.88. The van der Waals surface area contributed by atoms with Gasteiger partial charge < -0.3 is 0 Å². The van der Waals surface area contributed by atoms with Crippen molar-refractivity contribution in [2.24, 2.45) is 0 Å². The summed E-state index contributed by atoms with van der Waals surface area (Å²) in [6.45, 7) is 0. The van der Waals surface area contributed by atoms with Gasteiger partial charge in [0.05, 0.1) is 17.6 Å². The average molecular weight is 477 g/mol. The second-order valence-corrected chi connectivity index (χ2v) is 10.1. The van der Waals surface area contributed by atoms with E-state index in [9.17, 15) is 4.79 Å². The summed E-state index contributed by atoms with van der Waals surface area (Å²) in [5.74, 6) is 0.254. The number of aryl methyl sites for hydroxylation is 2. The molecule has 3 aromatic carbocycles. The van der Waals surface area contributed by atoms with E-state index in [4.69, 9.17) is 11.6 Å². The van der Waals surface area contributed by atoms with Gasteiger partial charge in [-0.1, -0.05) is 59.3 Å². The normalized spacial score (nSPS) is 12.7. The van der Waals surface area contributed by atoms with E-state index in [0.717, 1.165) is 34.0 Å². The van der Waals surface area contributed by atoms with Gasteiger partial charge in [-0.05, 0) is 52.9 Å². The molecule has 0 unspecified atom stereocenters. The van der Waals surface area contributed by atoms with Crippen LogP contribution in [0.2, 0.25) is 5.02 Å². The third-order valence-corrected chi connectivity index (χ3v) is 7.79. The van der Waals surface area contributed by atoms with Crippen LogP contribution >= 0.6 is 34.7 Å². The SMILES string of the molecule is O=C(CSc1ccc2c3c(cccc13)CC2)Nc1nn2cc(-c3ccc(Cl)cc3)nc2s1. The van der Waals surface area contributed by atoms with E-state index in [1.807, 2.05) is 30.5 Å². The van der Waals surface area contributed by atoms with Gasteiger partial charge >= 0.3 is 0 Å². The van der Waals surface area contributed by atoms with E-state index in [1.54, 1.807) is 16.3 Å². The molecule has 8 heteroatoms. The third-order valence-electron chi connectivity index (χ3n) is 5.63. The number of anilines is 1. The van der Waals surface area contributed by atoms with Crippen molar-refractivity contribution in [1.29, 1.82) is 0 Å². The number of amides is 1. The highest BCUT2D eigenvalue weighted by Crippen LogP contribution is 2.36. The number of thioether (sulfide) groups is 1. The van der Waals surface area contributed by atoms with Gasteiger partial charge in [-0.25, -0.2) is 9.50 Å². The smallest absolute Gasteiger partial charge is 0.236 e. The molecule has 1 N–H and O–H groups in total. The van der Waals surface area contributed by atoms with E-state index in [1.165, 1.54) is 33.2 Å². The molecule has 32 heavy (non-hydrogen) atoms. The molecule has 5 aromatic rings. The van der Waals surface area contributed by atoms with Gasteiger partial charge in [-0.15, -0.1) is 16.9 Å². The zero-order valence-corrected chi connectivity index (χ0v) is 19.2. The van der Waals surface area contributed by atoms with Gasteiger partial charge in [0.25, 0.3) is 0 Å². The minimum atomic E-state index is -0.0758. The van der Waals surface area contributed by atoms with Crippen molar-refractivity contribution in [3.63, 3.8) is 0 Å². The minimum Gasteiger partial charge on any atom is -0.300 e. The fraction of sp³-hybridized carbons (Fsp3) is 0.125. The second-order valence-electron chi connectivity index (χ2n) is 7.67.